The molecule has 1 aliphatic carbocycles. The van der Waals surface area contributed by atoms with Gasteiger partial charge in [-0.25, -0.2) is 5.43 Å². The normalized spacial score (nSPS) is 13.6. The summed E-state index contributed by atoms with van der Waals surface area (Å²) < 4.78 is 12.0. The first-order valence-corrected chi connectivity index (χ1v) is 12.7. The van der Waals surface area contributed by atoms with Crippen LogP contribution in [0.1, 0.15) is 50.6 Å². The summed E-state index contributed by atoms with van der Waals surface area (Å²) in [5, 5.41) is 8.22. The third-order valence-electron chi connectivity index (χ3n) is 6.09. The van der Waals surface area contributed by atoms with Gasteiger partial charge >= 0.3 is 0 Å². The molecule has 0 spiro atoms. The number of carbonyl (C=O) groups excluding carboxylic acids is 2. The predicted molar refractivity (Wildman–Crippen MR) is 148 cm³/mol. The Balaban J connectivity index is 1.38. The molecule has 192 valence electrons. The molecule has 0 bridgehead atoms. The van der Waals surface area contributed by atoms with Crippen LogP contribution in [0.5, 0.6) is 11.5 Å². The van der Waals surface area contributed by atoms with E-state index in [0.717, 1.165) is 12.0 Å². The summed E-state index contributed by atoms with van der Waals surface area (Å²) in [7, 11) is 0. The summed E-state index contributed by atoms with van der Waals surface area (Å²) in [4.78, 5) is 25.9. The topological polar surface area (TPSA) is 92.9 Å². The highest BCUT2D eigenvalue weighted by Gasteiger charge is 2.28. The zero-order valence-corrected chi connectivity index (χ0v) is 21.9. The van der Waals surface area contributed by atoms with Gasteiger partial charge in [0.1, 0.15) is 11.5 Å². The van der Waals surface area contributed by atoms with Gasteiger partial charge in [0.15, 0.2) is 11.5 Å². The molecule has 3 aromatic carbocycles. The van der Waals surface area contributed by atoms with Crippen LogP contribution in [0.3, 0.4) is 0 Å². The second-order valence-electron chi connectivity index (χ2n) is 8.72. The van der Waals surface area contributed by atoms with Crippen molar-refractivity contribution in [1.82, 2.24) is 5.43 Å². The number of fused-ring (bicyclic) bond motifs is 1. The molecular weight excluding hydrogens is 525 g/mol. The molecule has 1 aliphatic rings. The number of hydrogen-bond acceptors (Lipinski definition) is 5. The summed E-state index contributed by atoms with van der Waals surface area (Å²) in [6.07, 6.45) is 2.08. The van der Waals surface area contributed by atoms with Gasteiger partial charge in [-0.05, 0) is 74.4 Å². The molecule has 0 aliphatic heterocycles. The molecule has 0 fully saturated rings. The number of aryl methyl sites for hydroxylation is 1. The number of carbonyl (C=O) groups is 2. The predicted octanol–water partition coefficient (Wildman–Crippen LogP) is 7.41. The zero-order valence-electron chi connectivity index (χ0n) is 20.4. The van der Waals surface area contributed by atoms with E-state index in [-0.39, 0.29) is 11.7 Å². The number of ether oxygens (including phenoxy) is 1. The largest absolute Gasteiger partial charge is 0.455 e. The average Bonchev–Trinajstić information content (AvgIpc) is 3.27. The number of hydrazone groups is 1. The van der Waals surface area contributed by atoms with Crippen molar-refractivity contribution in [2.45, 2.75) is 26.2 Å². The van der Waals surface area contributed by atoms with Crippen molar-refractivity contribution in [3.05, 3.63) is 111 Å². The standard InChI is InChI=1S/C29H23Cl2N3O4/c1-17-26-22(33-34-28(35)18-10-12-19(30)13-11-18)8-5-9-25(26)38-27(17)29(36)32-23-16-20(31)14-15-24(23)37-21-6-3-2-4-7-21/h2-4,6-7,10-16H,5,8-9H2,1H3,(H,32,36)(H,34,35)/b33-22+. The molecule has 0 radical (unpaired) electrons. The Morgan fingerprint density at radius 2 is 1.66 bits per heavy atom. The summed E-state index contributed by atoms with van der Waals surface area (Å²) in [5.74, 6) is 1.09. The van der Waals surface area contributed by atoms with E-state index in [0.29, 0.717) is 62.7 Å². The van der Waals surface area contributed by atoms with Crippen molar-refractivity contribution >= 4 is 46.4 Å². The molecule has 2 N–H and O–H groups in total. The van der Waals surface area contributed by atoms with Crippen LogP contribution in [0.25, 0.3) is 0 Å². The average molecular weight is 548 g/mol. The van der Waals surface area contributed by atoms with Crippen LogP contribution in [0.4, 0.5) is 5.69 Å². The number of nitrogens with one attached hydrogen (secondary N) is 2. The monoisotopic (exact) mass is 547 g/mol. The van der Waals surface area contributed by atoms with Crippen molar-refractivity contribution in [2.24, 2.45) is 5.10 Å². The lowest BCUT2D eigenvalue weighted by Crippen LogP contribution is -2.22. The molecule has 38 heavy (non-hydrogen) atoms. The summed E-state index contributed by atoms with van der Waals surface area (Å²) in [6.45, 7) is 1.80. The van der Waals surface area contributed by atoms with Crippen molar-refractivity contribution in [1.29, 1.82) is 0 Å². The van der Waals surface area contributed by atoms with Gasteiger partial charge in [-0.3, -0.25) is 9.59 Å². The summed E-state index contributed by atoms with van der Waals surface area (Å²) in [6, 6.07) is 20.8. The van der Waals surface area contributed by atoms with E-state index in [2.05, 4.69) is 15.8 Å². The number of anilines is 1. The second kappa shape index (κ2) is 11.1. The molecule has 1 aromatic heterocycles. The Labute approximate surface area is 229 Å². The molecule has 0 atom stereocenters. The molecule has 0 saturated heterocycles. The molecule has 7 nitrogen and oxygen atoms in total. The van der Waals surface area contributed by atoms with E-state index in [9.17, 15) is 9.59 Å². The molecule has 0 saturated carbocycles. The van der Waals surface area contributed by atoms with E-state index >= 15 is 0 Å². The zero-order chi connectivity index (χ0) is 26.6. The molecule has 5 rings (SSSR count). The lowest BCUT2D eigenvalue weighted by molar-refractivity contribution is 0.0953. The number of rotatable bonds is 6. The van der Waals surface area contributed by atoms with Gasteiger partial charge in [-0.2, -0.15) is 5.10 Å². The maximum atomic E-state index is 13.3. The molecular formula is C29H23Cl2N3O4. The number of halogens is 2. The van der Waals surface area contributed by atoms with E-state index < -0.39 is 5.91 Å². The smallest absolute Gasteiger partial charge is 0.291 e. The lowest BCUT2D eigenvalue weighted by Gasteiger charge is -2.13. The molecule has 0 unspecified atom stereocenters. The van der Waals surface area contributed by atoms with Gasteiger partial charge in [0.25, 0.3) is 11.8 Å². The Morgan fingerprint density at radius 1 is 0.921 bits per heavy atom. The first-order valence-electron chi connectivity index (χ1n) is 12.0. The fraction of sp³-hybridized carbons (Fsp3) is 0.138. The number of furan rings is 1. The number of hydrogen-bond donors (Lipinski definition) is 2. The van der Waals surface area contributed by atoms with Gasteiger partial charge in [0.05, 0.1) is 11.4 Å². The highest BCUT2D eigenvalue weighted by Crippen LogP contribution is 2.34. The fourth-order valence-electron chi connectivity index (χ4n) is 4.26. The quantitative estimate of drug-likeness (QED) is 0.246. The van der Waals surface area contributed by atoms with Gasteiger partial charge in [-0.15, -0.1) is 0 Å². The number of para-hydroxylation sites is 1. The number of nitrogens with zero attached hydrogens (tertiary/aromatic N) is 1. The maximum Gasteiger partial charge on any atom is 0.291 e. The van der Waals surface area contributed by atoms with Crippen molar-refractivity contribution in [3.63, 3.8) is 0 Å². The van der Waals surface area contributed by atoms with Crippen LogP contribution >= 0.6 is 23.2 Å². The van der Waals surface area contributed by atoms with Gasteiger partial charge in [0, 0.05) is 33.2 Å². The number of benzene rings is 3. The Morgan fingerprint density at radius 3 is 2.42 bits per heavy atom. The molecule has 9 heteroatoms. The number of amides is 2. The molecule has 2 amide bonds. The van der Waals surface area contributed by atoms with Crippen LogP contribution in [-0.4, -0.2) is 17.5 Å². The third-order valence-corrected chi connectivity index (χ3v) is 6.58. The van der Waals surface area contributed by atoms with Crippen LogP contribution in [0, 0.1) is 6.92 Å². The Bertz CT molecular complexity index is 1530. The van der Waals surface area contributed by atoms with Gasteiger partial charge in [0.2, 0.25) is 0 Å². The first-order chi connectivity index (χ1) is 18.4. The van der Waals surface area contributed by atoms with Crippen LogP contribution < -0.4 is 15.5 Å². The van der Waals surface area contributed by atoms with Crippen LogP contribution in [-0.2, 0) is 6.42 Å². The summed E-state index contributed by atoms with van der Waals surface area (Å²) >= 11 is 12.1. The van der Waals surface area contributed by atoms with Gasteiger partial charge < -0.3 is 14.5 Å². The van der Waals surface area contributed by atoms with Crippen molar-refractivity contribution < 1.29 is 18.7 Å². The minimum absolute atomic E-state index is 0.166. The van der Waals surface area contributed by atoms with Crippen LogP contribution in [0.2, 0.25) is 10.0 Å². The lowest BCUT2D eigenvalue weighted by atomic mass is 9.93. The van der Waals surface area contributed by atoms with Crippen LogP contribution in [0.15, 0.2) is 82.3 Å². The van der Waals surface area contributed by atoms with E-state index in [1.807, 2.05) is 30.3 Å². The van der Waals surface area contributed by atoms with E-state index in [1.165, 1.54) is 0 Å². The van der Waals surface area contributed by atoms with Crippen molar-refractivity contribution in [2.75, 3.05) is 5.32 Å². The Hall–Kier alpha value is -4.07. The third kappa shape index (κ3) is 5.59. The Kier molecular flexibility index (Phi) is 7.49. The fourth-order valence-corrected chi connectivity index (χ4v) is 4.56. The summed E-state index contributed by atoms with van der Waals surface area (Å²) in [5.41, 5.74) is 5.49. The first kappa shape index (κ1) is 25.6. The maximum absolute atomic E-state index is 13.3. The second-order valence-corrected chi connectivity index (χ2v) is 9.60. The highest BCUT2D eigenvalue weighted by atomic mass is 35.5. The highest BCUT2D eigenvalue weighted by molar-refractivity contribution is 6.31. The van der Waals surface area contributed by atoms with Crippen molar-refractivity contribution in [3.8, 4) is 11.5 Å². The van der Waals surface area contributed by atoms with Gasteiger partial charge in [-0.1, -0.05) is 41.4 Å². The van der Waals surface area contributed by atoms with E-state index in [1.54, 1.807) is 49.4 Å². The minimum atomic E-state index is -0.443. The minimum Gasteiger partial charge on any atom is -0.455 e. The SMILES string of the molecule is Cc1c(C(=O)Nc2cc(Cl)ccc2Oc2ccccc2)oc2c1/C(=N/NC(=O)c1ccc(Cl)cc1)CCC2. The van der Waals surface area contributed by atoms with E-state index in [4.69, 9.17) is 32.4 Å². The molecule has 4 aromatic rings. The molecule has 1 heterocycles.